The number of nitrogens with zero attached hydrogens (tertiary/aromatic N) is 2. The Labute approximate surface area is 188 Å². The van der Waals surface area contributed by atoms with Crippen LogP contribution in [0.4, 0.5) is 5.69 Å². The van der Waals surface area contributed by atoms with Crippen LogP contribution in [-0.4, -0.2) is 49.9 Å². The van der Waals surface area contributed by atoms with Crippen molar-refractivity contribution in [3.63, 3.8) is 0 Å². The van der Waals surface area contributed by atoms with E-state index < -0.39 is 9.84 Å². The Hall–Kier alpha value is -1.70. The average Bonchev–Trinajstić information content (AvgIpc) is 3.07. The van der Waals surface area contributed by atoms with Gasteiger partial charge in [-0.2, -0.15) is 0 Å². The van der Waals surface area contributed by atoms with Gasteiger partial charge < -0.3 is 4.90 Å². The maximum atomic E-state index is 13.5. The molecule has 0 aromatic heterocycles. The number of rotatable bonds is 8. The highest BCUT2D eigenvalue weighted by atomic mass is 79.9. The summed E-state index contributed by atoms with van der Waals surface area (Å²) in [4.78, 5) is 17.4. The lowest BCUT2D eigenvalue weighted by atomic mass is 10.1. The van der Waals surface area contributed by atoms with E-state index in [-0.39, 0.29) is 36.0 Å². The molecule has 0 aliphatic carbocycles. The van der Waals surface area contributed by atoms with Crippen LogP contribution in [0.3, 0.4) is 0 Å². The van der Waals surface area contributed by atoms with Crippen LogP contribution in [-0.2, 0) is 14.6 Å². The standard InChI is InChI=1S/C23H29BrN2O3S/c1-3-14-25(18(2)21-11-7-8-12-22(21)24)16-23(27)26(19-9-5-4-6-10-19)20-13-15-30(28,29)17-20/h4-12,18,20H,3,13-17H2,1-2H3. The smallest absolute Gasteiger partial charge is 0.241 e. The molecule has 0 saturated carbocycles. The Kier molecular flexibility index (Phi) is 7.71. The van der Waals surface area contributed by atoms with E-state index in [0.717, 1.165) is 28.7 Å². The summed E-state index contributed by atoms with van der Waals surface area (Å²) >= 11 is 3.63. The van der Waals surface area contributed by atoms with Gasteiger partial charge in [-0.05, 0) is 50.1 Å². The lowest BCUT2D eigenvalue weighted by Crippen LogP contribution is -2.47. The van der Waals surface area contributed by atoms with Crippen molar-refractivity contribution < 1.29 is 13.2 Å². The van der Waals surface area contributed by atoms with Gasteiger partial charge in [-0.15, -0.1) is 0 Å². The number of anilines is 1. The Balaban J connectivity index is 1.86. The molecule has 5 nitrogen and oxygen atoms in total. The molecular weight excluding hydrogens is 464 g/mol. The predicted molar refractivity (Wildman–Crippen MR) is 125 cm³/mol. The summed E-state index contributed by atoms with van der Waals surface area (Å²) in [6.07, 6.45) is 1.40. The van der Waals surface area contributed by atoms with Gasteiger partial charge in [-0.25, -0.2) is 8.42 Å². The molecule has 1 saturated heterocycles. The van der Waals surface area contributed by atoms with Gasteiger partial charge >= 0.3 is 0 Å². The minimum absolute atomic E-state index is 0.0290. The van der Waals surface area contributed by atoms with E-state index >= 15 is 0 Å². The van der Waals surface area contributed by atoms with Gasteiger partial charge in [-0.1, -0.05) is 59.3 Å². The zero-order valence-corrected chi connectivity index (χ0v) is 19.9. The van der Waals surface area contributed by atoms with Crippen LogP contribution in [0.1, 0.15) is 38.3 Å². The molecule has 0 spiro atoms. The number of sulfone groups is 1. The van der Waals surface area contributed by atoms with Gasteiger partial charge in [-0.3, -0.25) is 9.69 Å². The summed E-state index contributed by atoms with van der Waals surface area (Å²) in [5.41, 5.74) is 1.89. The maximum absolute atomic E-state index is 13.5. The number of carbonyl (C=O) groups is 1. The molecule has 2 aromatic rings. The predicted octanol–water partition coefficient (Wildman–Crippen LogP) is 4.44. The van der Waals surface area contributed by atoms with Crippen LogP contribution in [0.5, 0.6) is 0 Å². The molecule has 0 N–H and O–H groups in total. The van der Waals surface area contributed by atoms with Crippen molar-refractivity contribution in [2.24, 2.45) is 0 Å². The fourth-order valence-corrected chi connectivity index (χ4v) is 6.40. The third kappa shape index (κ3) is 5.50. The number of benzene rings is 2. The van der Waals surface area contributed by atoms with Crippen LogP contribution in [0, 0.1) is 0 Å². The van der Waals surface area contributed by atoms with Crippen LogP contribution >= 0.6 is 15.9 Å². The molecule has 2 unspecified atom stereocenters. The van der Waals surface area contributed by atoms with E-state index in [1.54, 1.807) is 4.90 Å². The van der Waals surface area contributed by atoms with Gasteiger partial charge in [0.2, 0.25) is 5.91 Å². The third-order valence-corrected chi connectivity index (χ3v) is 8.10. The number of hydrogen-bond donors (Lipinski definition) is 0. The number of amides is 1. The maximum Gasteiger partial charge on any atom is 0.241 e. The fourth-order valence-electron chi connectivity index (χ4n) is 4.08. The second-order valence-corrected chi connectivity index (χ2v) is 10.9. The Morgan fingerprint density at radius 3 is 2.40 bits per heavy atom. The average molecular weight is 493 g/mol. The highest BCUT2D eigenvalue weighted by Crippen LogP contribution is 2.29. The SMILES string of the molecule is CCCN(CC(=O)N(c1ccccc1)C1CCS(=O)(=O)C1)C(C)c1ccccc1Br. The molecule has 1 aliphatic heterocycles. The molecular formula is C23H29BrN2O3S. The van der Waals surface area contributed by atoms with E-state index in [0.29, 0.717) is 6.42 Å². The Bertz CT molecular complexity index is 965. The highest BCUT2D eigenvalue weighted by Gasteiger charge is 2.36. The van der Waals surface area contributed by atoms with E-state index in [1.165, 1.54) is 0 Å². The molecule has 30 heavy (non-hydrogen) atoms. The monoisotopic (exact) mass is 492 g/mol. The minimum Gasteiger partial charge on any atom is -0.307 e. The normalized spacial score (nSPS) is 19.0. The molecule has 3 rings (SSSR count). The molecule has 7 heteroatoms. The molecule has 2 atom stereocenters. The largest absolute Gasteiger partial charge is 0.307 e. The summed E-state index contributed by atoms with van der Waals surface area (Å²) in [6.45, 7) is 5.22. The number of hydrogen-bond acceptors (Lipinski definition) is 4. The first-order chi connectivity index (χ1) is 14.3. The second-order valence-electron chi connectivity index (χ2n) is 7.82. The topological polar surface area (TPSA) is 57.7 Å². The Morgan fingerprint density at radius 1 is 1.13 bits per heavy atom. The van der Waals surface area contributed by atoms with Crippen LogP contribution in [0.15, 0.2) is 59.1 Å². The molecule has 1 aliphatic rings. The van der Waals surface area contributed by atoms with Crippen molar-refractivity contribution in [1.82, 2.24) is 4.90 Å². The summed E-state index contributed by atoms with van der Waals surface area (Å²) in [7, 11) is -3.10. The van der Waals surface area contributed by atoms with Crippen molar-refractivity contribution in [2.75, 3.05) is 29.5 Å². The molecule has 0 radical (unpaired) electrons. The second kappa shape index (κ2) is 10.1. The zero-order valence-electron chi connectivity index (χ0n) is 17.5. The third-order valence-electron chi connectivity index (χ3n) is 5.63. The van der Waals surface area contributed by atoms with Crippen LogP contribution in [0.2, 0.25) is 0 Å². The Morgan fingerprint density at radius 2 is 1.80 bits per heavy atom. The number of carbonyl (C=O) groups excluding carboxylic acids is 1. The minimum atomic E-state index is -3.10. The van der Waals surface area contributed by atoms with Crippen molar-refractivity contribution in [2.45, 2.75) is 38.8 Å². The first-order valence-electron chi connectivity index (χ1n) is 10.4. The first kappa shape index (κ1) is 23.0. The summed E-state index contributed by atoms with van der Waals surface area (Å²) in [5, 5.41) is 0. The summed E-state index contributed by atoms with van der Waals surface area (Å²) < 4.78 is 25.2. The van der Waals surface area contributed by atoms with Gasteiger partial charge in [0.05, 0.1) is 24.1 Å². The highest BCUT2D eigenvalue weighted by molar-refractivity contribution is 9.10. The van der Waals surface area contributed by atoms with Crippen molar-refractivity contribution in [1.29, 1.82) is 0 Å². The summed E-state index contributed by atoms with van der Waals surface area (Å²) in [6, 6.07) is 17.2. The fraction of sp³-hybridized carbons (Fsp3) is 0.435. The van der Waals surface area contributed by atoms with Crippen molar-refractivity contribution in [3.05, 3.63) is 64.6 Å². The lowest BCUT2D eigenvalue weighted by Gasteiger charge is -2.34. The summed E-state index contributed by atoms with van der Waals surface area (Å²) in [5.74, 6) is 0.109. The van der Waals surface area contributed by atoms with Crippen LogP contribution in [0.25, 0.3) is 0 Å². The van der Waals surface area contributed by atoms with Crippen molar-refractivity contribution >= 4 is 37.4 Å². The number of halogens is 1. The van der Waals surface area contributed by atoms with Gasteiger partial charge in [0, 0.05) is 16.2 Å². The van der Waals surface area contributed by atoms with E-state index in [2.05, 4.69) is 40.7 Å². The molecule has 1 fully saturated rings. The van der Waals surface area contributed by atoms with E-state index in [9.17, 15) is 13.2 Å². The quantitative estimate of drug-likeness (QED) is 0.546. The van der Waals surface area contributed by atoms with Gasteiger partial charge in [0.15, 0.2) is 9.84 Å². The van der Waals surface area contributed by atoms with Gasteiger partial charge in [0.1, 0.15) is 0 Å². The molecule has 1 amide bonds. The molecule has 1 heterocycles. The molecule has 162 valence electrons. The van der Waals surface area contributed by atoms with E-state index in [4.69, 9.17) is 0 Å². The lowest BCUT2D eigenvalue weighted by molar-refractivity contribution is -0.120. The van der Waals surface area contributed by atoms with Crippen molar-refractivity contribution in [3.8, 4) is 0 Å². The van der Waals surface area contributed by atoms with Crippen LogP contribution < -0.4 is 4.90 Å². The number of para-hydroxylation sites is 1. The van der Waals surface area contributed by atoms with E-state index in [1.807, 2.05) is 48.5 Å². The van der Waals surface area contributed by atoms with Gasteiger partial charge in [0.25, 0.3) is 0 Å². The molecule has 0 bridgehead atoms. The first-order valence-corrected chi connectivity index (χ1v) is 13.0. The molecule has 2 aromatic carbocycles. The zero-order chi connectivity index (χ0) is 21.7.